The number of carbonyl (C=O) groups is 1. The van der Waals surface area contributed by atoms with Crippen molar-refractivity contribution in [3.8, 4) is 0 Å². The summed E-state index contributed by atoms with van der Waals surface area (Å²) in [5, 5.41) is 0. The molecule has 0 fully saturated rings. The van der Waals surface area contributed by atoms with Crippen molar-refractivity contribution in [2.24, 2.45) is 5.92 Å². The van der Waals surface area contributed by atoms with Crippen LogP contribution in [0.2, 0.25) is 0 Å². The minimum Gasteiger partial charge on any atom is -0.465 e. The number of ether oxygens (including phenoxy) is 2. The minimum absolute atomic E-state index is 0.139. The van der Waals surface area contributed by atoms with Gasteiger partial charge in [0, 0.05) is 7.11 Å². The summed E-state index contributed by atoms with van der Waals surface area (Å²) in [5.74, 6) is 0.722. The largest absolute Gasteiger partial charge is 0.465 e. The van der Waals surface area contributed by atoms with Crippen LogP contribution in [0.1, 0.15) is 53.4 Å². The normalized spacial score (nSPS) is 13.4. The van der Waals surface area contributed by atoms with Crippen molar-refractivity contribution in [3.63, 3.8) is 0 Å². The SMILES string of the molecule is CCCCC(CC)COC(=O)CSC(C)(C)OC. The summed E-state index contributed by atoms with van der Waals surface area (Å²) in [4.78, 5) is 11.3. The number of thioether (sulfide) groups is 1. The van der Waals surface area contributed by atoms with E-state index in [2.05, 4.69) is 13.8 Å². The Hall–Kier alpha value is -0.220. The molecule has 0 N–H and O–H groups in total. The molecule has 0 aromatic rings. The van der Waals surface area contributed by atoms with E-state index in [1.54, 1.807) is 7.11 Å². The molecule has 1 unspecified atom stereocenters. The maximum absolute atomic E-state index is 11.6. The molecule has 0 aliphatic heterocycles. The quantitative estimate of drug-likeness (QED) is 0.448. The maximum atomic E-state index is 11.6. The molecule has 0 saturated carbocycles. The fourth-order valence-corrected chi connectivity index (χ4v) is 2.11. The predicted octanol–water partition coefficient (Wildman–Crippen LogP) is 3.86. The zero-order chi connectivity index (χ0) is 14.0. The molecule has 0 aromatic carbocycles. The first-order chi connectivity index (χ1) is 8.45. The number of hydrogen-bond acceptors (Lipinski definition) is 4. The second kappa shape index (κ2) is 9.68. The third-order valence-electron chi connectivity index (χ3n) is 3.05. The Morgan fingerprint density at radius 2 is 2.00 bits per heavy atom. The van der Waals surface area contributed by atoms with Crippen LogP contribution < -0.4 is 0 Å². The minimum atomic E-state index is -0.328. The fourth-order valence-electron chi connectivity index (χ4n) is 1.44. The number of methoxy groups -OCH3 is 1. The van der Waals surface area contributed by atoms with Crippen molar-refractivity contribution in [1.29, 1.82) is 0 Å². The molecule has 0 radical (unpaired) electrons. The molecule has 0 aliphatic rings. The van der Waals surface area contributed by atoms with Crippen LogP contribution in [0.5, 0.6) is 0 Å². The standard InChI is InChI=1S/C14H28O3S/c1-6-8-9-12(7-2)10-17-13(15)11-18-14(3,4)16-5/h12H,6-11H2,1-5H3. The summed E-state index contributed by atoms with van der Waals surface area (Å²) >= 11 is 1.47. The molecule has 0 spiro atoms. The van der Waals surface area contributed by atoms with Gasteiger partial charge in [-0.2, -0.15) is 0 Å². The Balaban J connectivity index is 3.80. The van der Waals surface area contributed by atoms with Crippen LogP contribution in [0.4, 0.5) is 0 Å². The van der Waals surface area contributed by atoms with Crippen LogP contribution >= 0.6 is 11.8 Å². The van der Waals surface area contributed by atoms with E-state index in [0.717, 1.165) is 12.8 Å². The number of hydrogen-bond donors (Lipinski definition) is 0. The van der Waals surface area contributed by atoms with E-state index in [9.17, 15) is 4.79 Å². The van der Waals surface area contributed by atoms with Gasteiger partial charge in [0.05, 0.1) is 12.4 Å². The number of unbranched alkanes of at least 4 members (excludes halogenated alkanes) is 1. The van der Waals surface area contributed by atoms with E-state index in [1.807, 2.05) is 13.8 Å². The molecule has 4 heteroatoms. The average Bonchev–Trinajstić information content (AvgIpc) is 2.36. The van der Waals surface area contributed by atoms with Gasteiger partial charge in [0.15, 0.2) is 0 Å². The van der Waals surface area contributed by atoms with Crippen LogP contribution in [0.15, 0.2) is 0 Å². The third-order valence-corrected chi connectivity index (χ3v) is 4.29. The summed E-state index contributed by atoms with van der Waals surface area (Å²) in [5.41, 5.74) is 0. The lowest BCUT2D eigenvalue weighted by atomic mass is 10.0. The van der Waals surface area contributed by atoms with Gasteiger partial charge in [-0.1, -0.05) is 33.1 Å². The lowest BCUT2D eigenvalue weighted by Gasteiger charge is -2.21. The van der Waals surface area contributed by atoms with Gasteiger partial charge in [0.25, 0.3) is 0 Å². The first kappa shape index (κ1) is 17.8. The Bertz CT molecular complexity index is 229. The first-order valence-electron chi connectivity index (χ1n) is 6.79. The highest BCUT2D eigenvalue weighted by atomic mass is 32.2. The van der Waals surface area contributed by atoms with Crippen LogP contribution in [-0.4, -0.2) is 30.4 Å². The highest BCUT2D eigenvalue weighted by Crippen LogP contribution is 2.24. The van der Waals surface area contributed by atoms with Crippen LogP contribution in [-0.2, 0) is 14.3 Å². The van der Waals surface area contributed by atoms with Crippen molar-refractivity contribution in [2.45, 2.75) is 58.3 Å². The second-order valence-electron chi connectivity index (χ2n) is 4.99. The molecule has 0 bridgehead atoms. The summed E-state index contributed by atoms with van der Waals surface area (Å²) in [6, 6.07) is 0. The second-order valence-corrected chi connectivity index (χ2v) is 6.55. The smallest absolute Gasteiger partial charge is 0.316 e. The van der Waals surface area contributed by atoms with Crippen molar-refractivity contribution in [3.05, 3.63) is 0 Å². The van der Waals surface area contributed by atoms with Crippen molar-refractivity contribution < 1.29 is 14.3 Å². The molecule has 108 valence electrons. The van der Waals surface area contributed by atoms with E-state index in [1.165, 1.54) is 24.6 Å². The van der Waals surface area contributed by atoms with Gasteiger partial charge in [0.2, 0.25) is 0 Å². The molecule has 0 aliphatic carbocycles. The fraction of sp³-hybridized carbons (Fsp3) is 0.929. The van der Waals surface area contributed by atoms with Gasteiger partial charge in [-0.3, -0.25) is 4.79 Å². The van der Waals surface area contributed by atoms with Crippen molar-refractivity contribution >= 4 is 17.7 Å². The van der Waals surface area contributed by atoms with E-state index >= 15 is 0 Å². The van der Waals surface area contributed by atoms with E-state index in [-0.39, 0.29) is 10.9 Å². The Morgan fingerprint density at radius 3 is 2.50 bits per heavy atom. The van der Waals surface area contributed by atoms with Gasteiger partial charge in [-0.25, -0.2) is 0 Å². The molecule has 1 atom stereocenters. The molecular formula is C14H28O3S. The van der Waals surface area contributed by atoms with Gasteiger partial charge >= 0.3 is 5.97 Å². The van der Waals surface area contributed by atoms with Crippen molar-refractivity contribution in [1.82, 2.24) is 0 Å². The summed E-state index contributed by atoms with van der Waals surface area (Å²) in [6.45, 7) is 8.78. The van der Waals surface area contributed by atoms with Gasteiger partial charge in [0.1, 0.15) is 4.93 Å². The first-order valence-corrected chi connectivity index (χ1v) is 7.78. The predicted molar refractivity (Wildman–Crippen MR) is 77.8 cm³/mol. The summed E-state index contributed by atoms with van der Waals surface area (Å²) < 4.78 is 10.6. The molecule has 3 nitrogen and oxygen atoms in total. The molecule has 0 rings (SSSR count). The van der Waals surface area contributed by atoms with Crippen LogP contribution in [0, 0.1) is 5.92 Å². The Labute approximate surface area is 116 Å². The zero-order valence-electron chi connectivity index (χ0n) is 12.5. The van der Waals surface area contributed by atoms with Crippen LogP contribution in [0.3, 0.4) is 0 Å². The highest BCUT2D eigenvalue weighted by Gasteiger charge is 2.19. The molecule has 0 saturated heterocycles. The maximum Gasteiger partial charge on any atom is 0.316 e. The molecule has 0 aromatic heterocycles. The molecule has 18 heavy (non-hydrogen) atoms. The average molecular weight is 276 g/mol. The van der Waals surface area contributed by atoms with Gasteiger partial charge in [-0.05, 0) is 26.2 Å². The molecule has 0 amide bonds. The lowest BCUT2D eigenvalue weighted by molar-refractivity contribution is -0.141. The highest BCUT2D eigenvalue weighted by molar-refractivity contribution is 8.01. The third kappa shape index (κ3) is 8.81. The summed E-state index contributed by atoms with van der Waals surface area (Å²) in [6.07, 6.45) is 4.63. The topological polar surface area (TPSA) is 35.5 Å². The number of rotatable bonds is 10. The van der Waals surface area contributed by atoms with Crippen LogP contribution in [0.25, 0.3) is 0 Å². The van der Waals surface area contributed by atoms with Gasteiger partial charge < -0.3 is 9.47 Å². The van der Waals surface area contributed by atoms with E-state index in [0.29, 0.717) is 18.3 Å². The Morgan fingerprint density at radius 1 is 1.33 bits per heavy atom. The number of carbonyl (C=O) groups excluding carboxylic acids is 1. The number of esters is 1. The molecule has 0 heterocycles. The zero-order valence-corrected chi connectivity index (χ0v) is 13.3. The molecular weight excluding hydrogens is 248 g/mol. The summed E-state index contributed by atoms with van der Waals surface area (Å²) in [7, 11) is 1.65. The monoisotopic (exact) mass is 276 g/mol. The van der Waals surface area contributed by atoms with Crippen molar-refractivity contribution in [2.75, 3.05) is 19.5 Å². The van der Waals surface area contributed by atoms with Gasteiger partial charge in [-0.15, -0.1) is 11.8 Å². The lowest BCUT2D eigenvalue weighted by Crippen LogP contribution is -2.22. The van der Waals surface area contributed by atoms with E-state index < -0.39 is 0 Å². The van der Waals surface area contributed by atoms with E-state index in [4.69, 9.17) is 9.47 Å². The Kier molecular flexibility index (Phi) is 9.56.